The van der Waals surface area contributed by atoms with Crippen molar-refractivity contribution >= 4 is 51.4 Å². The molecule has 0 saturated heterocycles. The molecule has 0 unspecified atom stereocenters. The smallest absolute Gasteiger partial charge is 0.115 e. The Morgan fingerprint density at radius 2 is 0.846 bits per heavy atom. The molecule has 3 heterocycles. The van der Waals surface area contributed by atoms with Crippen LogP contribution < -0.4 is 0 Å². The summed E-state index contributed by atoms with van der Waals surface area (Å²) in [5, 5.41) is 5.20. The Morgan fingerprint density at radius 3 is 1.28 bits per heavy atom. The van der Waals surface area contributed by atoms with Gasteiger partial charge in [-0.15, -0.1) is 0 Å². The average molecular weight is 517 g/mol. The lowest BCUT2D eigenvalue weighted by Gasteiger charge is -2.27. The van der Waals surface area contributed by atoms with Gasteiger partial charge in [-0.2, -0.15) is 0 Å². The first kappa shape index (κ1) is 23.5. The Bertz CT molecular complexity index is 1770. The van der Waals surface area contributed by atoms with Crippen LogP contribution in [0.4, 0.5) is 0 Å². The SMILES string of the molecule is C[Si]1(C)C(c2cccc3cccnc23)=C(c2ccccc2)C(c2ccccc2)=C1c1cccc2cccnc12. The minimum absolute atomic E-state index is 1.06. The van der Waals surface area contributed by atoms with Gasteiger partial charge in [0.15, 0.2) is 0 Å². The molecule has 3 heteroatoms. The molecule has 0 radical (unpaired) electrons. The van der Waals surface area contributed by atoms with E-state index in [9.17, 15) is 0 Å². The molecule has 1 aliphatic rings. The van der Waals surface area contributed by atoms with Gasteiger partial charge in [0.1, 0.15) is 8.07 Å². The molecule has 0 atom stereocenters. The summed E-state index contributed by atoms with van der Waals surface area (Å²) in [6, 6.07) is 43.4. The second-order valence-electron chi connectivity index (χ2n) is 10.6. The minimum Gasteiger partial charge on any atom is -0.256 e. The van der Waals surface area contributed by atoms with Crippen molar-refractivity contribution in [2.45, 2.75) is 13.1 Å². The number of hydrogen-bond donors (Lipinski definition) is 0. The van der Waals surface area contributed by atoms with Gasteiger partial charge in [-0.05, 0) is 44.8 Å². The van der Waals surface area contributed by atoms with Crippen LogP contribution in [0.3, 0.4) is 0 Å². The van der Waals surface area contributed by atoms with Gasteiger partial charge >= 0.3 is 0 Å². The van der Waals surface area contributed by atoms with Gasteiger partial charge in [0.05, 0.1) is 11.0 Å². The van der Waals surface area contributed by atoms with Gasteiger partial charge in [0.25, 0.3) is 0 Å². The Kier molecular flexibility index (Phi) is 5.61. The lowest BCUT2D eigenvalue weighted by atomic mass is 9.88. The van der Waals surface area contributed by atoms with Crippen LogP contribution in [0.5, 0.6) is 0 Å². The molecule has 0 spiro atoms. The van der Waals surface area contributed by atoms with Crippen LogP contribution in [0, 0.1) is 0 Å². The van der Waals surface area contributed by atoms with Crippen LogP contribution in [0.25, 0.3) is 43.3 Å². The first-order chi connectivity index (χ1) is 19.1. The van der Waals surface area contributed by atoms with Crippen LogP contribution in [-0.4, -0.2) is 18.0 Å². The molecule has 0 fully saturated rings. The van der Waals surface area contributed by atoms with Crippen molar-refractivity contribution < 1.29 is 0 Å². The third-order valence-electron chi connectivity index (χ3n) is 7.93. The maximum atomic E-state index is 4.92. The topological polar surface area (TPSA) is 25.8 Å². The Morgan fingerprint density at radius 1 is 0.436 bits per heavy atom. The Labute approximate surface area is 230 Å². The first-order valence-electron chi connectivity index (χ1n) is 13.4. The first-order valence-corrected chi connectivity index (χ1v) is 16.4. The quantitative estimate of drug-likeness (QED) is 0.218. The molecule has 0 aliphatic carbocycles. The molecule has 0 bridgehead atoms. The molecule has 0 saturated carbocycles. The van der Waals surface area contributed by atoms with Gasteiger partial charge in [-0.25, -0.2) is 0 Å². The Hall–Kier alpha value is -4.60. The molecule has 2 nitrogen and oxygen atoms in total. The third kappa shape index (κ3) is 3.77. The standard InChI is InChI=1S/C36H28N2Si/c1-39(2)35(29-21-9-17-27-19-11-23-37-33(27)29)31(25-13-5-3-6-14-25)32(26-15-7-4-8-16-26)36(39)30-22-10-18-28-20-12-24-38-34(28)30/h3-24H,1-2H3. The number of nitrogens with zero attached hydrogens (tertiary/aromatic N) is 2. The summed E-state index contributed by atoms with van der Waals surface area (Å²) < 4.78 is 0. The van der Waals surface area contributed by atoms with Crippen molar-refractivity contribution in [1.82, 2.24) is 9.97 Å². The van der Waals surface area contributed by atoms with Crippen LogP contribution >= 0.6 is 0 Å². The molecule has 1 aliphatic heterocycles. The second-order valence-corrected chi connectivity index (χ2v) is 14.9. The predicted octanol–water partition coefficient (Wildman–Crippen LogP) is 9.11. The summed E-state index contributed by atoms with van der Waals surface area (Å²) in [6.45, 7) is 5.00. The number of benzene rings is 4. The third-order valence-corrected chi connectivity index (χ3v) is 11.5. The summed E-state index contributed by atoms with van der Waals surface area (Å²) in [4.78, 5) is 9.84. The van der Waals surface area contributed by atoms with Gasteiger partial charge in [-0.3, -0.25) is 9.97 Å². The summed E-state index contributed by atoms with van der Waals surface area (Å²) in [6.07, 6.45) is 3.83. The zero-order chi connectivity index (χ0) is 26.4. The number of allylic oxidation sites excluding steroid dienone is 2. The number of pyridine rings is 2. The van der Waals surface area contributed by atoms with Crippen molar-refractivity contribution in [1.29, 1.82) is 0 Å². The van der Waals surface area contributed by atoms with Gasteiger partial charge in [-0.1, -0.05) is 122 Å². The van der Waals surface area contributed by atoms with Crippen LogP contribution in [0.2, 0.25) is 13.1 Å². The molecule has 2 aromatic heterocycles. The van der Waals surface area contributed by atoms with Crippen LogP contribution in [-0.2, 0) is 0 Å². The lowest BCUT2D eigenvalue weighted by Crippen LogP contribution is -2.29. The van der Waals surface area contributed by atoms with E-state index in [-0.39, 0.29) is 0 Å². The number of hydrogen-bond acceptors (Lipinski definition) is 2. The lowest BCUT2D eigenvalue weighted by molar-refractivity contribution is 1.40. The van der Waals surface area contributed by atoms with E-state index in [2.05, 4.69) is 122 Å². The van der Waals surface area contributed by atoms with Gasteiger partial charge < -0.3 is 0 Å². The Balaban J connectivity index is 1.66. The van der Waals surface area contributed by atoms with Crippen molar-refractivity contribution in [2.24, 2.45) is 0 Å². The average Bonchev–Trinajstić information content (AvgIpc) is 3.24. The summed E-state index contributed by atoms with van der Waals surface area (Å²) in [7, 11) is -2.33. The maximum absolute atomic E-state index is 4.92. The van der Waals surface area contributed by atoms with Crippen molar-refractivity contribution in [2.75, 3.05) is 0 Å². The van der Waals surface area contributed by atoms with E-state index in [4.69, 9.17) is 9.97 Å². The number of aromatic nitrogens is 2. The minimum atomic E-state index is -2.33. The number of fused-ring (bicyclic) bond motifs is 2. The van der Waals surface area contributed by atoms with Crippen molar-refractivity contribution in [3.8, 4) is 0 Å². The fourth-order valence-electron chi connectivity index (χ4n) is 6.34. The van der Waals surface area contributed by atoms with Crippen molar-refractivity contribution in [3.63, 3.8) is 0 Å². The highest BCUT2D eigenvalue weighted by Gasteiger charge is 2.44. The van der Waals surface area contributed by atoms with Crippen LogP contribution in [0.1, 0.15) is 22.3 Å². The predicted molar refractivity (Wildman–Crippen MR) is 167 cm³/mol. The van der Waals surface area contributed by atoms with E-state index < -0.39 is 8.07 Å². The fraction of sp³-hybridized carbons (Fsp3) is 0.0556. The van der Waals surface area contributed by atoms with E-state index in [1.807, 2.05) is 24.5 Å². The largest absolute Gasteiger partial charge is 0.256 e. The molecular weight excluding hydrogens is 488 g/mol. The summed E-state index contributed by atoms with van der Waals surface area (Å²) in [5.74, 6) is 0. The molecule has 0 N–H and O–H groups in total. The molecule has 4 aromatic carbocycles. The van der Waals surface area contributed by atoms with Gasteiger partial charge in [0, 0.05) is 34.3 Å². The summed E-state index contributed by atoms with van der Waals surface area (Å²) in [5.41, 5.74) is 9.72. The second kappa shape index (κ2) is 9.30. The zero-order valence-corrected chi connectivity index (χ0v) is 23.1. The highest BCUT2D eigenvalue weighted by atomic mass is 28.3. The molecule has 39 heavy (non-hydrogen) atoms. The van der Waals surface area contributed by atoms with E-state index in [0.717, 1.165) is 11.0 Å². The fourth-order valence-corrected chi connectivity index (χ4v) is 10.1. The monoisotopic (exact) mass is 516 g/mol. The summed E-state index contributed by atoms with van der Waals surface area (Å²) >= 11 is 0. The molecule has 6 aromatic rings. The number of para-hydroxylation sites is 2. The highest BCUT2D eigenvalue weighted by molar-refractivity contribution is 7.13. The van der Waals surface area contributed by atoms with E-state index in [1.54, 1.807) is 0 Å². The molecule has 186 valence electrons. The van der Waals surface area contributed by atoms with Gasteiger partial charge in [0.2, 0.25) is 0 Å². The maximum Gasteiger partial charge on any atom is 0.115 e. The molecule has 7 rings (SSSR count). The number of rotatable bonds is 4. The highest BCUT2D eigenvalue weighted by Crippen LogP contribution is 2.56. The van der Waals surface area contributed by atoms with Crippen LogP contribution in [0.15, 0.2) is 134 Å². The van der Waals surface area contributed by atoms with E-state index >= 15 is 0 Å². The van der Waals surface area contributed by atoms with E-state index in [0.29, 0.717) is 0 Å². The molecular formula is C36H28N2Si. The van der Waals surface area contributed by atoms with E-state index in [1.165, 1.54) is 54.6 Å². The normalized spacial score (nSPS) is 14.9. The molecule has 0 amide bonds. The van der Waals surface area contributed by atoms with Crippen molar-refractivity contribution in [3.05, 3.63) is 156 Å². The zero-order valence-electron chi connectivity index (χ0n) is 22.1.